The second-order valence-electron chi connectivity index (χ2n) is 3.66. The molecule has 94 valence electrons. The Kier molecular flexibility index (Phi) is 4.89. The van der Waals surface area contributed by atoms with Crippen molar-refractivity contribution in [3.63, 3.8) is 0 Å². The number of rotatable bonds is 5. The molecule has 17 heavy (non-hydrogen) atoms. The van der Waals surface area contributed by atoms with Gasteiger partial charge in [-0.25, -0.2) is 4.98 Å². The van der Waals surface area contributed by atoms with Gasteiger partial charge in [-0.1, -0.05) is 12.1 Å². The minimum absolute atomic E-state index is 0.0531. The van der Waals surface area contributed by atoms with Crippen LogP contribution in [0.15, 0.2) is 16.0 Å². The Hall–Kier alpha value is -1.63. The molecule has 0 aliphatic heterocycles. The van der Waals surface area contributed by atoms with Gasteiger partial charge in [0, 0.05) is 12.4 Å². The summed E-state index contributed by atoms with van der Waals surface area (Å²) >= 11 is 1.48. The number of thiazole rings is 1. The summed E-state index contributed by atoms with van der Waals surface area (Å²) in [5, 5.41) is 13.4. The van der Waals surface area contributed by atoms with Crippen LogP contribution in [0.1, 0.15) is 19.0 Å². The molecule has 0 aromatic carbocycles. The fourth-order valence-electron chi connectivity index (χ4n) is 1.48. The number of amides is 1. The highest BCUT2D eigenvalue weighted by atomic mass is 32.1. The Morgan fingerprint density at radius 3 is 2.94 bits per heavy atom. The third-order valence-electron chi connectivity index (χ3n) is 2.44. The molecule has 0 fully saturated rings. The topological polar surface area (TPSA) is 91.8 Å². The molecule has 0 bridgehead atoms. The summed E-state index contributed by atoms with van der Waals surface area (Å²) in [6.07, 6.45) is 0.496. The van der Waals surface area contributed by atoms with Gasteiger partial charge >= 0.3 is 0 Å². The molecule has 1 atom stereocenters. The van der Waals surface area contributed by atoms with Crippen LogP contribution in [0.4, 0.5) is 0 Å². The van der Waals surface area contributed by atoms with Crippen molar-refractivity contribution in [1.29, 1.82) is 0 Å². The predicted molar refractivity (Wildman–Crippen MR) is 65.8 cm³/mol. The average Bonchev–Trinajstić information content (AvgIpc) is 2.82. The summed E-state index contributed by atoms with van der Waals surface area (Å²) in [5.41, 5.74) is 8.03. The van der Waals surface area contributed by atoms with Crippen LogP contribution in [0.2, 0.25) is 0 Å². The SMILES string of the molecule is CCC(C(=O)N(C)Cc1cscn1)C(N)=NO. The highest BCUT2D eigenvalue weighted by Crippen LogP contribution is 2.10. The molecule has 1 heterocycles. The van der Waals surface area contributed by atoms with Crippen LogP contribution in [-0.4, -0.2) is 33.9 Å². The van der Waals surface area contributed by atoms with Gasteiger partial charge in [-0.05, 0) is 6.42 Å². The van der Waals surface area contributed by atoms with E-state index in [1.54, 1.807) is 12.6 Å². The lowest BCUT2D eigenvalue weighted by Crippen LogP contribution is -2.39. The maximum absolute atomic E-state index is 12.0. The van der Waals surface area contributed by atoms with E-state index in [-0.39, 0.29) is 11.7 Å². The van der Waals surface area contributed by atoms with Gasteiger partial charge < -0.3 is 15.8 Å². The van der Waals surface area contributed by atoms with E-state index in [0.717, 1.165) is 5.69 Å². The molecule has 1 unspecified atom stereocenters. The van der Waals surface area contributed by atoms with E-state index in [1.807, 2.05) is 12.3 Å². The van der Waals surface area contributed by atoms with E-state index in [9.17, 15) is 4.79 Å². The van der Waals surface area contributed by atoms with Crippen LogP contribution in [-0.2, 0) is 11.3 Å². The van der Waals surface area contributed by atoms with Crippen LogP contribution in [0.25, 0.3) is 0 Å². The number of nitrogens with zero attached hydrogens (tertiary/aromatic N) is 3. The molecule has 1 rings (SSSR count). The lowest BCUT2D eigenvalue weighted by atomic mass is 10.0. The van der Waals surface area contributed by atoms with Crippen molar-refractivity contribution in [2.45, 2.75) is 19.9 Å². The van der Waals surface area contributed by atoms with Crippen LogP contribution in [0.5, 0.6) is 0 Å². The third kappa shape index (κ3) is 3.42. The van der Waals surface area contributed by atoms with Gasteiger partial charge in [-0.2, -0.15) is 0 Å². The van der Waals surface area contributed by atoms with Crippen molar-refractivity contribution in [3.8, 4) is 0 Å². The lowest BCUT2D eigenvalue weighted by molar-refractivity contribution is -0.132. The Morgan fingerprint density at radius 1 is 1.76 bits per heavy atom. The minimum Gasteiger partial charge on any atom is -0.409 e. The zero-order valence-electron chi connectivity index (χ0n) is 9.83. The molecule has 0 aliphatic rings. The molecule has 3 N–H and O–H groups in total. The lowest BCUT2D eigenvalue weighted by Gasteiger charge is -2.21. The van der Waals surface area contributed by atoms with Gasteiger partial charge in [-0.15, -0.1) is 11.3 Å². The first-order valence-electron chi connectivity index (χ1n) is 5.19. The molecule has 0 saturated heterocycles. The van der Waals surface area contributed by atoms with E-state index < -0.39 is 5.92 Å². The normalized spacial score (nSPS) is 13.4. The molecular formula is C10H16N4O2S. The first kappa shape index (κ1) is 13.4. The van der Waals surface area contributed by atoms with E-state index in [0.29, 0.717) is 13.0 Å². The first-order valence-corrected chi connectivity index (χ1v) is 6.13. The Labute approximate surface area is 104 Å². The van der Waals surface area contributed by atoms with Crippen LogP contribution in [0, 0.1) is 5.92 Å². The van der Waals surface area contributed by atoms with Gasteiger partial charge in [0.15, 0.2) is 5.84 Å². The van der Waals surface area contributed by atoms with Gasteiger partial charge in [0.2, 0.25) is 5.91 Å². The largest absolute Gasteiger partial charge is 0.409 e. The maximum atomic E-state index is 12.0. The second kappa shape index (κ2) is 6.19. The minimum atomic E-state index is -0.580. The van der Waals surface area contributed by atoms with E-state index in [2.05, 4.69) is 10.1 Å². The average molecular weight is 256 g/mol. The van der Waals surface area contributed by atoms with Gasteiger partial charge in [0.1, 0.15) is 0 Å². The van der Waals surface area contributed by atoms with Gasteiger partial charge in [-0.3, -0.25) is 4.79 Å². The zero-order chi connectivity index (χ0) is 12.8. The maximum Gasteiger partial charge on any atom is 0.233 e. The van der Waals surface area contributed by atoms with E-state index in [4.69, 9.17) is 10.9 Å². The Balaban J connectivity index is 2.68. The number of carbonyl (C=O) groups excluding carboxylic acids is 1. The summed E-state index contributed by atoms with van der Waals surface area (Å²) in [6.45, 7) is 2.24. The predicted octanol–water partition coefficient (Wildman–Crippen LogP) is 0.874. The summed E-state index contributed by atoms with van der Waals surface area (Å²) in [4.78, 5) is 17.7. The number of oxime groups is 1. The number of amidine groups is 1. The number of nitrogens with two attached hydrogens (primary N) is 1. The quantitative estimate of drug-likeness (QED) is 0.354. The summed E-state index contributed by atoms with van der Waals surface area (Å²) in [6, 6.07) is 0. The Bertz CT molecular complexity index is 391. The van der Waals surface area contributed by atoms with Crippen LogP contribution in [0.3, 0.4) is 0 Å². The zero-order valence-corrected chi connectivity index (χ0v) is 10.6. The molecular weight excluding hydrogens is 240 g/mol. The van der Waals surface area contributed by atoms with Crippen molar-refractivity contribution in [2.24, 2.45) is 16.8 Å². The number of carbonyl (C=O) groups is 1. The van der Waals surface area contributed by atoms with Crippen molar-refractivity contribution < 1.29 is 10.0 Å². The fourth-order valence-corrected chi connectivity index (χ4v) is 2.03. The number of hydrogen-bond donors (Lipinski definition) is 2. The van der Waals surface area contributed by atoms with Gasteiger partial charge in [0.25, 0.3) is 0 Å². The van der Waals surface area contributed by atoms with E-state index in [1.165, 1.54) is 16.2 Å². The van der Waals surface area contributed by atoms with Crippen molar-refractivity contribution in [1.82, 2.24) is 9.88 Å². The summed E-state index contributed by atoms with van der Waals surface area (Å²) in [5.74, 6) is -0.804. The summed E-state index contributed by atoms with van der Waals surface area (Å²) in [7, 11) is 1.68. The third-order valence-corrected chi connectivity index (χ3v) is 3.07. The molecule has 7 heteroatoms. The molecule has 0 saturated carbocycles. The molecule has 1 amide bonds. The molecule has 0 radical (unpaired) electrons. The van der Waals surface area contributed by atoms with Crippen LogP contribution >= 0.6 is 11.3 Å². The molecule has 0 spiro atoms. The smallest absolute Gasteiger partial charge is 0.233 e. The molecule has 6 nitrogen and oxygen atoms in total. The first-order chi connectivity index (χ1) is 8.10. The van der Waals surface area contributed by atoms with Gasteiger partial charge in [0.05, 0.1) is 23.7 Å². The number of aromatic nitrogens is 1. The van der Waals surface area contributed by atoms with Crippen LogP contribution < -0.4 is 5.73 Å². The van der Waals surface area contributed by atoms with E-state index >= 15 is 0 Å². The second-order valence-corrected chi connectivity index (χ2v) is 4.38. The highest BCUT2D eigenvalue weighted by molar-refractivity contribution is 7.07. The fraction of sp³-hybridized carbons (Fsp3) is 0.500. The molecule has 1 aromatic heterocycles. The monoisotopic (exact) mass is 256 g/mol. The van der Waals surface area contributed by atoms with Crippen molar-refractivity contribution in [3.05, 3.63) is 16.6 Å². The summed E-state index contributed by atoms with van der Waals surface area (Å²) < 4.78 is 0. The molecule has 0 aliphatic carbocycles. The van der Waals surface area contributed by atoms with Crippen molar-refractivity contribution >= 4 is 23.1 Å². The highest BCUT2D eigenvalue weighted by Gasteiger charge is 2.24. The van der Waals surface area contributed by atoms with Crippen molar-refractivity contribution in [2.75, 3.05) is 7.05 Å². The Morgan fingerprint density at radius 2 is 2.47 bits per heavy atom. The molecule has 1 aromatic rings. The number of hydrogen-bond acceptors (Lipinski definition) is 5. The standard InChI is InChI=1S/C10H16N4O2S/c1-3-8(9(11)13-16)10(15)14(2)4-7-5-17-6-12-7/h5-6,8,16H,3-4H2,1-2H3,(H2,11,13).